The number of ether oxygens (including phenoxy) is 1. The Balaban J connectivity index is 1.04. The second-order valence-electron chi connectivity index (χ2n) is 12.4. The van der Waals surface area contributed by atoms with Gasteiger partial charge < -0.3 is 10.1 Å². The molecule has 4 unspecified atom stereocenters. The summed E-state index contributed by atoms with van der Waals surface area (Å²) in [5, 5.41) is 3.02. The lowest BCUT2D eigenvalue weighted by atomic mass is 9.70. The van der Waals surface area contributed by atoms with E-state index >= 15 is 0 Å². The van der Waals surface area contributed by atoms with Gasteiger partial charge in [0.2, 0.25) is 0 Å². The molecule has 4 aliphatic rings. The van der Waals surface area contributed by atoms with Crippen molar-refractivity contribution < 1.29 is 22.7 Å². The summed E-state index contributed by atoms with van der Waals surface area (Å²) in [4.78, 5) is 15.9. The number of halogens is 3. The zero-order valence-corrected chi connectivity index (χ0v) is 23.9. The number of benzene rings is 3. The Morgan fingerprint density at radius 2 is 1.72 bits per heavy atom. The Morgan fingerprint density at radius 3 is 2.56 bits per heavy atom. The summed E-state index contributed by atoms with van der Waals surface area (Å²) in [5.41, 5.74) is 3.94. The maximum absolute atomic E-state index is 13.4. The molecule has 3 aromatic rings. The molecule has 7 heteroatoms. The summed E-state index contributed by atoms with van der Waals surface area (Å²) in [6.45, 7) is 2.74. The van der Waals surface area contributed by atoms with E-state index in [1.165, 1.54) is 23.3 Å². The van der Waals surface area contributed by atoms with Crippen molar-refractivity contribution in [1.82, 2.24) is 4.90 Å². The molecule has 1 fully saturated rings. The molecule has 0 bridgehead atoms. The van der Waals surface area contributed by atoms with Crippen LogP contribution in [0.4, 0.5) is 18.9 Å². The van der Waals surface area contributed by atoms with Gasteiger partial charge in [-0.1, -0.05) is 60.7 Å². The summed E-state index contributed by atoms with van der Waals surface area (Å²) < 4.78 is 46.0. The van der Waals surface area contributed by atoms with E-state index in [0.717, 1.165) is 63.9 Å². The maximum Gasteiger partial charge on any atom is 0.416 e. The molecule has 2 aliphatic carbocycles. The minimum atomic E-state index is -4.41. The standard InChI is InChI=1S/C36H35F3N2O2/c37-36(38,39)27-15-12-24(13-16-27)29-7-1-2-8-30(29)34(42)40-28-17-14-26-22-41(20-18-25(26)21-28)23-35-19-6-5-10-32(35)31-9-3-4-11-33(31)43-35/h1-8,12-17,21,31-33H,9-11,18-20,22-23H2,(H,40,42). The lowest BCUT2D eigenvalue weighted by Gasteiger charge is -2.42. The molecule has 1 N–H and O–H groups in total. The van der Waals surface area contributed by atoms with Crippen LogP contribution in [0.2, 0.25) is 0 Å². The van der Waals surface area contributed by atoms with E-state index in [9.17, 15) is 18.0 Å². The highest BCUT2D eigenvalue weighted by molar-refractivity contribution is 6.08. The molecule has 2 aliphatic heterocycles. The first kappa shape index (κ1) is 28.1. The molecule has 0 spiro atoms. The van der Waals surface area contributed by atoms with E-state index in [1.807, 2.05) is 6.07 Å². The van der Waals surface area contributed by atoms with Crippen LogP contribution in [0.5, 0.6) is 0 Å². The Bertz CT molecular complexity index is 1580. The van der Waals surface area contributed by atoms with Gasteiger partial charge >= 0.3 is 6.18 Å². The number of nitrogens with zero attached hydrogens (tertiary/aromatic N) is 1. The number of hydrogen-bond donors (Lipinski definition) is 1. The van der Waals surface area contributed by atoms with Crippen LogP contribution in [0.3, 0.4) is 0 Å². The molecule has 0 aromatic heterocycles. The predicted molar refractivity (Wildman–Crippen MR) is 162 cm³/mol. The maximum atomic E-state index is 13.4. The number of hydrogen-bond acceptors (Lipinski definition) is 3. The normalized spacial score (nSPS) is 26.4. The van der Waals surface area contributed by atoms with Crippen molar-refractivity contribution in [2.24, 2.45) is 11.8 Å². The Morgan fingerprint density at radius 1 is 0.930 bits per heavy atom. The first-order chi connectivity index (χ1) is 20.8. The molecule has 0 saturated carbocycles. The molecule has 7 rings (SSSR count). The highest BCUT2D eigenvalue weighted by Gasteiger charge is 2.54. The third-order valence-electron chi connectivity index (χ3n) is 9.76. The van der Waals surface area contributed by atoms with Gasteiger partial charge in [-0.15, -0.1) is 0 Å². The molecule has 4 atom stereocenters. The topological polar surface area (TPSA) is 41.6 Å². The summed E-state index contributed by atoms with van der Waals surface area (Å²) >= 11 is 0. The molecule has 43 heavy (non-hydrogen) atoms. The van der Waals surface area contributed by atoms with Crippen molar-refractivity contribution in [2.75, 3.05) is 18.4 Å². The number of rotatable bonds is 5. The smallest absolute Gasteiger partial charge is 0.369 e. The van der Waals surface area contributed by atoms with Gasteiger partial charge in [-0.25, -0.2) is 0 Å². The van der Waals surface area contributed by atoms with Crippen LogP contribution >= 0.6 is 0 Å². The molecule has 3 aromatic carbocycles. The van der Waals surface area contributed by atoms with Crippen LogP contribution in [0, 0.1) is 11.8 Å². The van der Waals surface area contributed by atoms with Gasteiger partial charge in [-0.3, -0.25) is 9.69 Å². The third-order valence-corrected chi connectivity index (χ3v) is 9.76. The van der Waals surface area contributed by atoms with Crippen LogP contribution in [0.25, 0.3) is 11.1 Å². The minimum Gasteiger partial charge on any atom is -0.369 e. The number of anilines is 1. The second kappa shape index (κ2) is 11.1. The SMILES string of the molecule is O=C(Nc1ccc2c(c1)CCN(CC13CC=CCC1C1CC=CCC1O3)C2)c1ccccc1-c1ccc(C(F)(F)F)cc1. The summed E-state index contributed by atoms with van der Waals surface area (Å²) in [5.74, 6) is 0.886. The van der Waals surface area contributed by atoms with E-state index in [2.05, 4.69) is 46.7 Å². The van der Waals surface area contributed by atoms with Crippen molar-refractivity contribution in [3.8, 4) is 11.1 Å². The highest BCUT2D eigenvalue weighted by atomic mass is 19.4. The molecular weight excluding hydrogens is 549 g/mol. The van der Waals surface area contributed by atoms with Crippen molar-refractivity contribution in [1.29, 1.82) is 0 Å². The lowest BCUT2D eigenvalue weighted by molar-refractivity contribution is -0.137. The van der Waals surface area contributed by atoms with E-state index in [4.69, 9.17) is 4.74 Å². The molecule has 1 saturated heterocycles. The molecule has 1 amide bonds. The number of fused-ring (bicyclic) bond motifs is 4. The average Bonchev–Trinajstić information content (AvgIpc) is 3.34. The number of amides is 1. The van der Waals surface area contributed by atoms with Crippen molar-refractivity contribution in [3.63, 3.8) is 0 Å². The van der Waals surface area contributed by atoms with E-state index in [-0.39, 0.29) is 11.5 Å². The van der Waals surface area contributed by atoms with Gasteiger partial charge in [0, 0.05) is 30.9 Å². The summed E-state index contributed by atoms with van der Waals surface area (Å²) in [6, 6.07) is 18.0. The first-order valence-corrected chi connectivity index (χ1v) is 15.2. The fourth-order valence-electron chi connectivity index (χ4n) is 7.65. The van der Waals surface area contributed by atoms with Crippen molar-refractivity contribution >= 4 is 11.6 Å². The van der Waals surface area contributed by atoms with Crippen LogP contribution in [0.1, 0.15) is 52.7 Å². The highest BCUT2D eigenvalue weighted by Crippen LogP contribution is 2.51. The number of alkyl halides is 3. The van der Waals surface area contributed by atoms with Gasteiger partial charge in [0.1, 0.15) is 0 Å². The average molecular weight is 585 g/mol. The summed E-state index contributed by atoms with van der Waals surface area (Å²) in [7, 11) is 0. The zero-order chi connectivity index (χ0) is 29.6. The van der Waals surface area contributed by atoms with Crippen molar-refractivity contribution in [2.45, 2.75) is 56.5 Å². The predicted octanol–water partition coefficient (Wildman–Crippen LogP) is 8.05. The monoisotopic (exact) mass is 584 g/mol. The van der Waals surface area contributed by atoms with Crippen molar-refractivity contribution in [3.05, 3.63) is 113 Å². The van der Waals surface area contributed by atoms with Crippen LogP contribution in [-0.2, 0) is 23.9 Å². The van der Waals surface area contributed by atoms with Gasteiger partial charge in [0.05, 0.1) is 17.3 Å². The zero-order valence-electron chi connectivity index (χ0n) is 23.9. The fraction of sp³-hybridized carbons (Fsp3) is 0.361. The lowest BCUT2D eigenvalue weighted by Crippen LogP contribution is -2.49. The van der Waals surface area contributed by atoms with Gasteiger partial charge in [-0.2, -0.15) is 13.2 Å². The Kier molecular flexibility index (Phi) is 7.26. The van der Waals surface area contributed by atoms with Gasteiger partial charge in [0.15, 0.2) is 0 Å². The van der Waals surface area contributed by atoms with E-state index in [0.29, 0.717) is 40.3 Å². The van der Waals surface area contributed by atoms with Crippen LogP contribution < -0.4 is 5.32 Å². The number of carbonyl (C=O) groups is 1. The third kappa shape index (κ3) is 5.45. The van der Waals surface area contributed by atoms with E-state index < -0.39 is 11.7 Å². The molecular formula is C36H35F3N2O2. The second-order valence-corrected chi connectivity index (χ2v) is 12.4. The van der Waals surface area contributed by atoms with Gasteiger partial charge in [0.25, 0.3) is 5.91 Å². The van der Waals surface area contributed by atoms with Crippen LogP contribution in [-0.4, -0.2) is 35.6 Å². The Labute approximate surface area is 250 Å². The van der Waals surface area contributed by atoms with Gasteiger partial charge in [-0.05, 0) is 96.5 Å². The number of carbonyl (C=O) groups excluding carboxylic acids is 1. The number of allylic oxidation sites excluding steroid dienone is 2. The molecule has 2 heterocycles. The molecule has 222 valence electrons. The summed E-state index contributed by atoms with van der Waals surface area (Å²) in [6.07, 6.45) is 10.3. The van der Waals surface area contributed by atoms with E-state index in [1.54, 1.807) is 24.3 Å². The largest absolute Gasteiger partial charge is 0.416 e. The first-order valence-electron chi connectivity index (χ1n) is 15.2. The minimum absolute atomic E-state index is 0.109. The number of nitrogens with one attached hydrogen (secondary N) is 1. The van der Waals surface area contributed by atoms with Crippen LogP contribution in [0.15, 0.2) is 91.0 Å². The molecule has 4 nitrogen and oxygen atoms in total. The fourth-order valence-corrected chi connectivity index (χ4v) is 7.65. The Hall–Kier alpha value is -3.68. The quantitative estimate of drug-likeness (QED) is 0.309. The molecule has 0 radical (unpaired) electrons.